The van der Waals surface area contributed by atoms with Crippen LogP contribution in [-0.4, -0.2) is 129 Å². The zero-order valence-electron chi connectivity index (χ0n) is 37.8. The number of ketones is 1. The number of carbonyl (C=O) groups excluding carboxylic acids is 3. The smallest absolute Gasteiger partial charge is 0.312 e. The Balaban J connectivity index is 1.47. The van der Waals surface area contributed by atoms with Crippen LogP contribution >= 0.6 is 0 Å². The first-order valence-electron chi connectivity index (χ1n) is 21.9. The highest BCUT2D eigenvalue weighted by Crippen LogP contribution is 2.55. The maximum atomic E-state index is 14.5. The Labute approximate surface area is 368 Å². The van der Waals surface area contributed by atoms with Crippen LogP contribution in [0.1, 0.15) is 95.6 Å². The van der Waals surface area contributed by atoms with Gasteiger partial charge in [0.05, 0.1) is 53.0 Å². The van der Waals surface area contributed by atoms with Crippen molar-refractivity contribution in [1.82, 2.24) is 9.91 Å². The summed E-state index contributed by atoms with van der Waals surface area (Å²) in [6.45, 7) is 15.4. The van der Waals surface area contributed by atoms with Crippen LogP contribution in [0.15, 0.2) is 41.2 Å². The molecule has 7 rings (SSSR count). The monoisotopic (exact) mass is 876 g/mol. The zero-order chi connectivity index (χ0) is 46.1. The molecule has 4 aliphatic heterocycles. The van der Waals surface area contributed by atoms with Gasteiger partial charge in [0.15, 0.2) is 5.75 Å². The minimum Gasteiger partial charge on any atom is -0.507 e. The van der Waals surface area contributed by atoms with Crippen molar-refractivity contribution in [2.24, 2.45) is 28.8 Å². The topological polar surface area (TPSA) is 220 Å². The predicted molar refractivity (Wildman–Crippen MR) is 237 cm³/mol. The molecule has 1 amide bonds. The summed E-state index contributed by atoms with van der Waals surface area (Å²) in [5.41, 5.74) is -0.293. The van der Waals surface area contributed by atoms with Crippen LogP contribution < -0.4 is 10.1 Å². The van der Waals surface area contributed by atoms with Crippen molar-refractivity contribution >= 4 is 40.3 Å². The van der Waals surface area contributed by atoms with Gasteiger partial charge in [0.1, 0.15) is 23.4 Å². The minimum absolute atomic E-state index is 0.0631. The molecule has 5 aliphatic rings. The molecule has 1 saturated heterocycles. The van der Waals surface area contributed by atoms with Crippen LogP contribution in [0.4, 0.5) is 5.69 Å². The number of carbonyl (C=O) groups is 3. The summed E-state index contributed by atoms with van der Waals surface area (Å²) in [5, 5.41) is 67.6. The molecule has 2 aromatic rings. The number of amides is 1. The fraction of sp³-hybridized carbons (Fsp3) is 0.574. The molecule has 2 fully saturated rings. The molecular weight excluding hydrogens is 813 g/mol. The van der Waals surface area contributed by atoms with Gasteiger partial charge in [0.2, 0.25) is 0 Å². The molecule has 0 radical (unpaired) electrons. The lowest BCUT2D eigenvalue weighted by molar-refractivity contribution is -0.160. The van der Waals surface area contributed by atoms with E-state index in [-0.39, 0.29) is 44.5 Å². The zero-order valence-corrected chi connectivity index (χ0v) is 37.8. The Kier molecular flexibility index (Phi) is 14.5. The maximum absolute atomic E-state index is 14.5. The molecule has 5 bridgehead atoms. The van der Waals surface area contributed by atoms with Gasteiger partial charge in [0, 0.05) is 93.4 Å². The van der Waals surface area contributed by atoms with E-state index in [2.05, 4.69) is 15.3 Å². The molecule has 4 heterocycles. The number of allylic oxidation sites excluding steroid dienone is 2. The quantitative estimate of drug-likeness (QED) is 0.0926. The number of aromatic hydroxyl groups is 3. The summed E-state index contributed by atoms with van der Waals surface area (Å²) in [4.78, 5) is 43.2. The molecule has 1 saturated carbocycles. The third kappa shape index (κ3) is 9.40. The van der Waals surface area contributed by atoms with E-state index in [1.807, 2.05) is 5.01 Å². The van der Waals surface area contributed by atoms with Crippen LogP contribution in [-0.2, 0) is 23.8 Å². The molecule has 0 aromatic heterocycles. The second-order valence-electron chi connectivity index (χ2n) is 17.8. The number of anilines is 1. The standard InChI is InChI=1S/C47H64N4O12/c1-24-13-12-14-25(2)46(59)49-37-32(23-48-51-20-18-50(19-21-51)31-15-10-11-16-31)41(56)34-35(42(37)57)40(55)29(6)44-36(34)45(58)47(8,63-44)61-22-17-33(60-9)26(3)43(62-30(7)52)28(5)39(54)27(4)38(24)53/h12-14,17,22-24,26-28,31,33,38-39,43,53-57H,10-11,15-16,18-21H2,1-9H3,(H,49,59)/b13-12+,22-17+,25-14-,48-23-/t24-,26+,27+,28+,33-,38-,39+,43+,47-/m0/s1. The molecule has 2 aromatic carbocycles. The van der Waals surface area contributed by atoms with Crippen molar-refractivity contribution in [3.05, 3.63) is 52.8 Å². The summed E-state index contributed by atoms with van der Waals surface area (Å²) in [6.07, 6.45) is 9.75. The van der Waals surface area contributed by atoms with Crippen LogP contribution in [0.25, 0.3) is 10.8 Å². The van der Waals surface area contributed by atoms with Crippen molar-refractivity contribution in [1.29, 1.82) is 0 Å². The normalized spacial score (nSPS) is 32.4. The number of benzene rings is 2. The van der Waals surface area contributed by atoms with Gasteiger partial charge < -0.3 is 49.8 Å². The Morgan fingerprint density at radius 2 is 1.59 bits per heavy atom. The van der Waals surface area contributed by atoms with Gasteiger partial charge in [-0.25, -0.2) is 0 Å². The number of nitrogens with zero attached hydrogens (tertiary/aromatic N) is 3. The van der Waals surface area contributed by atoms with E-state index in [0.29, 0.717) is 19.1 Å². The predicted octanol–water partition coefficient (Wildman–Crippen LogP) is 5.65. The van der Waals surface area contributed by atoms with Crippen LogP contribution in [0.2, 0.25) is 0 Å². The SMILES string of the molecule is CO[C@H]1/C=C/O[C@@]2(C)Oc3c(C)c(O)c4c(O)c(c(/C=N\N5CCN(C6CCCC6)CC5)c(O)c4c3C2=O)NC(=O)/C(C)=C\C=C\[C@H](C)[C@H](O)[C@@H](C)[C@@H](O)[C@@H](C)[C@H](OC(C)=O)[C@@H]1C. The summed E-state index contributed by atoms with van der Waals surface area (Å²) in [5.74, 6) is -8.28. The summed E-state index contributed by atoms with van der Waals surface area (Å²) in [6, 6.07) is 0.553. The van der Waals surface area contributed by atoms with Gasteiger partial charge in [-0.2, -0.15) is 5.10 Å². The van der Waals surface area contributed by atoms with Crippen molar-refractivity contribution in [2.75, 3.05) is 38.6 Å². The number of ether oxygens (including phenoxy) is 4. The van der Waals surface area contributed by atoms with Gasteiger partial charge in [0.25, 0.3) is 11.7 Å². The number of esters is 1. The summed E-state index contributed by atoms with van der Waals surface area (Å²) >= 11 is 0. The molecule has 0 spiro atoms. The largest absolute Gasteiger partial charge is 0.507 e. The highest BCUT2D eigenvalue weighted by Gasteiger charge is 2.50. The molecular formula is C47H64N4O12. The second kappa shape index (κ2) is 19.3. The number of hydrogen-bond acceptors (Lipinski definition) is 15. The first kappa shape index (κ1) is 47.3. The maximum Gasteiger partial charge on any atom is 0.312 e. The number of piperazine rings is 1. The molecule has 6 N–H and O–H groups in total. The second-order valence-corrected chi connectivity index (χ2v) is 17.8. The van der Waals surface area contributed by atoms with E-state index >= 15 is 0 Å². The van der Waals surface area contributed by atoms with Crippen molar-refractivity contribution in [2.45, 2.75) is 117 Å². The number of aliphatic hydroxyl groups is 2. The van der Waals surface area contributed by atoms with E-state index in [9.17, 15) is 39.9 Å². The fourth-order valence-electron chi connectivity index (χ4n) is 9.47. The average molecular weight is 877 g/mol. The number of hydrogen-bond donors (Lipinski definition) is 6. The van der Waals surface area contributed by atoms with E-state index in [1.54, 1.807) is 39.8 Å². The van der Waals surface area contributed by atoms with Crippen LogP contribution in [0.3, 0.4) is 0 Å². The number of phenols is 3. The number of aliphatic hydroxyl groups excluding tert-OH is 2. The molecule has 16 heteroatoms. The van der Waals surface area contributed by atoms with E-state index in [0.717, 1.165) is 13.1 Å². The van der Waals surface area contributed by atoms with E-state index < -0.39 is 88.8 Å². The van der Waals surface area contributed by atoms with E-state index in [4.69, 9.17) is 18.9 Å². The number of nitrogens with one attached hydrogen (secondary N) is 1. The Hall–Kier alpha value is -5.16. The highest BCUT2D eigenvalue weighted by atomic mass is 16.7. The lowest BCUT2D eigenvalue weighted by Gasteiger charge is -2.38. The van der Waals surface area contributed by atoms with Gasteiger partial charge in [-0.15, -0.1) is 0 Å². The Morgan fingerprint density at radius 3 is 2.22 bits per heavy atom. The van der Waals surface area contributed by atoms with Crippen molar-refractivity contribution < 1.29 is 58.9 Å². The number of hydrazone groups is 1. The number of fused-ring (bicyclic) bond motifs is 14. The Bertz CT molecular complexity index is 2190. The molecule has 9 atom stereocenters. The average Bonchev–Trinajstić information content (AvgIpc) is 3.89. The van der Waals surface area contributed by atoms with Gasteiger partial charge in [-0.05, 0) is 32.8 Å². The number of Topliss-reactive ketones (excluding diaryl/α,β-unsaturated/α-hetero) is 1. The first-order valence-corrected chi connectivity index (χ1v) is 21.9. The number of methoxy groups -OCH3 is 1. The molecule has 63 heavy (non-hydrogen) atoms. The highest BCUT2D eigenvalue weighted by molar-refractivity contribution is 6.23. The third-order valence-electron chi connectivity index (χ3n) is 13.5. The summed E-state index contributed by atoms with van der Waals surface area (Å²) in [7, 11) is 1.44. The molecule has 0 unspecified atom stereocenters. The molecule has 344 valence electrons. The first-order chi connectivity index (χ1) is 29.8. The van der Waals surface area contributed by atoms with Crippen molar-refractivity contribution in [3.8, 4) is 23.0 Å². The van der Waals surface area contributed by atoms with Gasteiger partial charge in [-0.1, -0.05) is 58.8 Å². The van der Waals surface area contributed by atoms with Crippen LogP contribution in [0, 0.1) is 30.6 Å². The van der Waals surface area contributed by atoms with Crippen LogP contribution in [0.5, 0.6) is 23.0 Å². The lowest BCUT2D eigenvalue weighted by Crippen LogP contribution is -2.47. The lowest BCUT2D eigenvalue weighted by atomic mass is 9.78. The summed E-state index contributed by atoms with van der Waals surface area (Å²) < 4.78 is 23.7. The van der Waals surface area contributed by atoms with Crippen molar-refractivity contribution in [3.63, 3.8) is 0 Å². The van der Waals surface area contributed by atoms with Gasteiger partial charge >= 0.3 is 11.8 Å². The van der Waals surface area contributed by atoms with E-state index in [1.165, 1.54) is 85.1 Å². The number of phenolic OH excluding ortho intramolecular Hbond substituents is 3. The number of rotatable bonds is 5. The minimum atomic E-state index is -2.04. The fourth-order valence-corrected chi connectivity index (χ4v) is 9.47. The molecule has 1 aliphatic carbocycles. The van der Waals surface area contributed by atoms with Gasteiger partial charge in [-0.3, -0.25) is 24.3 Å². The Morgan fingerprint density at radius 1 is 0.921 bits per heavy atom. The third-order valence-corrected chi connectivity index (χ3v) is 13.5. The molecule has 16 nitrogen and oxygen atoms in total.